The van der Waals surface area contributed by atoms with Gasteiger partial charge in [-0.05, 0) is 53.9 Å². The van der Waals surface area contributed by atoms with Crippen molar-refractivity contribution in [2.24, 2.45) is 5.22 Å². The first-order chi connectivity index (χ1) is 12.2. The Hall–Kier alpha value is -2.92. The molecule has 0 fully saturated rings. The molecule has 11 heteroatoms. The zero-order chi connectivity index (χ0) is 17.2. The average molecular weight is 367 g/mol. The Morgan fingerprint density at radius 2 is 1.48 bits per heavy atom. The third-order valence-corrected chi connectivity index (χ3v) is 4.70. The summed E-state index contributed by atoms with van der Waals surface area (Å²) < 4.78 is 3.79. The minimum Gasteiger partial charge on any atom is -0.354 e. The summed E-state index contributed by atoms with van der Waals surface area (Å²) in [5, 5.41) is 18.7. The van der Waals surface area contributed by atoms with Gasteiger partial charge < -0.3 is 4.59 Å². The molecule has 2 heterocycles. The Labute approximate surface area is 154 Å². The second-order valence-corrected chi connectivity index (χ2v) is 6.20. The summed E-state index contributed by atoms with van der Waals surface area (Å²) in [6.45, 7) is 0. The SMILES string of the molecule is S=C1N([BH2-]n2nnn(-c3ccccc3)c2=S)N=[N+]N1c1ccccc1. The van der Waals surface area contributed by atoms with Crippen molar-refractivity contribution in [1.82, 2.24) is 29.8 Å². The largest absolute Gasteiger partial charge is 0.354 e. The van der Waals surface area contributed by atoms with Crippen LogP contribution in [0.15, 0.2) is 65.9 Å². The van der Waals surface area contributed by atoms with Crippen LogP contribution in [-0.4, -0.2) is 37.3 Å². The summed E-state index contributed by atoms with van der Waals surface area (Å²) >= 11 is 11.0. The first-order valence-corrected chi connectivity index (χ1v) is 8.48. The Morgan fingerprint density at radius 1 is 0.840 bits per heavy atom. The standard InChI is InChI=1S/C14H12BN8S2/c24-13-20(11-7-3-1-4-8-11)16-18-22(13)15-23-14(25)21(17-19-23)12-9-5-2-6-10-12/h1-10H,15H2. The van der Waals surface area contributed by atoms with Crippen LogP contribution < -0.4 is 10.2 Å². The maximum absolute atomic E-state index is 5.48. The molecule has 0 N–H and O–H groups in total. The van der Waals surface area contributed by atoms with Crippen LogP contribution in [0.1, 0.15) is 0 Å². The minimum absolute atomic E-state index is 0.502. The van der Waals surface area contributed by atoms with Crippen molar-refractivity contribution in [3.63, 3.8) is 0 Å². The van der Waals surface area contributed by atoms with Crippen LogP contribution in [0.3, 0.4) is 0 Å². The van der Waals surface area contributed by atoms with E-state index in [0.29, 0.717) is 9.88 Å². The lowest BCUT2D eigenvalue weighted by Crippen LogP contribution is -2.38. The van der Waals surface area contributed by atoms with E-state index in [0.717, 1.165) is 11.4 Å². The van der Waals surface area contributed by atoms with E-state index >= 15 is 0 Å². The predicted molar refractivity (Wildman–Crippen MR) is 102 cm³/mol. The number of benzene rings is 2. The summed E-state index contributed by atoms with van der Waals surface area (Å²) in [5.41, 5.74) is 1.73. The second-order valence-electron chi connectivity index (χ2n) is 5.46. The highest BCUT2D eigenvalue weighted by atomic mass is 32.1. The molecule has 1 aliphatic heterocycles. The summed E-state index contributed by atoms with van der Waals surface area (Å²) in [7, 11) is -1.08. The van der Waals surface area contributed by atoms with Gasteiger partial charge in [0.05, 0.1) is 11.4 Å². The fourth-order valence-electron chi connectivity index (χ4n) is 2.52. The van der Waals surface area contributed by atoms with E-state index in [1.807, 2.05) is 60.7 Å². The molecule has 0 saturated heterocycles. The number of anilines is 1. The van der Waals surface area contributed by atoms with Crippen molar-refractivity contribution in [2.75, 3.05) is 5.01 Å². The number of rotatable bonds is 4. The van der Waals surface area contributed by atoms with Gasteiger partial charge in [-0.25, -0.2) is 0 Å². The lowest BCUT2D eigenvalue weighted by molar-refractivity contribution is 0.639. The van der Waals surface area contributed by atoms with Crippen molar-refractivity contribution in [1.29, 1.82) is 0 Å². The first kappa shape index (κ1) is 15.6. The van der Waals surface area contributed by atoms with Crippen molar-refractivity contribution in [2.45, 2.75) is 0 Å². The van der Waals surface area contributed by atoms with Gasteiger partial charge >= 0.3 is 7.55 Å². The van der Waals surface area contributed by atoms with Gasteiger partial charge in [0.2, 0.25) is 0 Å². The fourth-order valence-corrected chi connectivity index (χ4v) is 3.04. The highest BCUT2D eigenvalue weighted by Gasteiger charge is 2.31. The van der Waals surface area contributed by atoms with Gasteiger partial charge in [0, 0.05) is 0 Å². The molecule has 2 aromatic carbocycles. The molecule has 0 atom stereocenters. The molecule has 1 aliphatic rings. The van der Waals surface area contributed by atoms with Gasteiger partial charge in [-0.15, -0.1) is 0 Å². The number of para-hydroxylation sites is 2. The highest BCUT2D eigenvalue weighted by molar-refractivity contribution is 7.80. The van der Waals surface area contributed by atoms with Crippen LogP contribution in [0.25, 0.3) is 5.69 Å². The van der Waals surface area contributed by atoms with Gasteiger partial charge in [-0.3, -0.25) is 4.92 Å². The quantitative estimate of drug-likeness (QED) is 0.513. The molecular formula is C14H12BN8S2. The summed E-state index contributed by atoms with van der Waals surface area (Å²) in [6.07, 6.45) is 0. The van der Waals surface area contributed by atoms with E-state index < -0.39 is 7.55 Å². The number of thiocarbonyl (C=S) groups is 1. The summed E-state index contributed by atoms with van der Waals surface area (Å²) in [5.74, 6) is 0. The molecule has 123 valence electrons. The maximum atomic E-state index is 5.48. The normalized spacial score (nSPS) is 13.7. The van der Waals surface area contributed by atoms with E-state index in [4.69, 9.17) is 24.4 Å². The number of hydrogen-bond donors (Lipinski definition) is 0. The molecule has 0 saturated carbocycles. The zero-order valence-electron chi connectivity index (χ0n) is 13.2. The Balaban J connectivity index is 1.55. The molecule has 3 aromatic rings. The topological polar surface area (TPSA) is 68.6 Å². The highest BCUT2D eigenvalue weighted by Crippen LogP contribution is 2.16. The monoisotopic (exact) mass is 367 g/mol. The minimum atomic E-state index is -1.08. The molecule has 0 spiro atoms. The Bertz CT molecular complexity index is 985. The number of tetrazole rings is 1. The Kier molecular flexibility index (Phi) is 4.08. The van der Waals surface area contributed by atoms with Crippen LogP contribution in [0.5, 0.6) is 0 Å². The van der Waals surface area contributed by atoms with E-state index in [9.17, 15) is 0 Å². The molecular weight excluding hydrogens is 355 g/mol. The van der Waals surface area contributed by atoms with Crippen molar-refractivity contribution in [3.05, 3.63) is 65.4 Å². The van der Waals surface area contributed by atoms with Gasteiger partial charge in [0.25, 0.3) is 5.11 Å². The van der Waals surface area contributed by atoms with E-state index in [-0.39, 0.29) is 0 Å². The summed E-state index contributed by atoms with van der Waals surface area (Å²) in [4.78, 5) is 1.67. The van der Waals surface area contributed by atoms with Gasteiger partial charge in [0.15, 0.2) is 9.99 Å². The van der Waals surface area contributed by atoms with Crippen LogP contribution in [0, 0.1) is 4.77 Å². The number of nitrogens with zero attached hydrogens (tertiary/aromatic N) is 8. The van der Waals surface area contributed by atoms with Gasteiger partial charge in [-0.1, -0.05) is 46.6 Å². The van der Waals surface area contributed by atoms with E-state index in [1.54, 1.807) is 19.2 Å². The Morgan fingerprint density at radius 3 is 2.16 bits per heavy atom. The molecule has 0 bridgehead atoms. The molecule has 4 rings (SSSR count). The fraction of sp³-hybridized carbons (Fsp3) is 0. The van der Waals surface area contributed by atoms with Gasteiger partial charge in [-0.2, -0.15) is 4.68 Å². The summed E-state index contributed by atoms with van der Waals surface area (Å²) in [6, 6.07) is 19.3. The van der Waals surface area contributed by atoms with Gasteiger partial charge in [0.1, 0.15) is 5.22 Å². The van der Waals surface area contributed by atoms with Crippen molar-refractivity contribution in [3.8, 4) is 5.69 Å². The van der Waals surface area contributed by atoms with Crippen LogP contribution >= 0.6 is 24.4 Å². The molecule has 8 nitrogen and oxygen atoms in total. The number of aromatic nitrogens is 4. The first-order valence-electron chi connectivity index (χ1n) is 7.67. The second kappa shape index (κ2) is 6.53. The average Bonchev–Trinajstić information content (AvgIpc) is 3.20. The van der Waals surface area contributed by atoms with Crippen LogP contribution in [0.2, 0.25) is 0 Å². The van der Waals surface area contributed by atoms with Crippen LogP contribution in [-0.2, 0) is 0 Å². The molecule has 0 unspecified atom stereocenters. The van der Waals surface area contributed by atoms with Crippen LogP contribution in [0.4, 0.5) is 5.69 Å². The number of hydrogen-bond acceptors (Lipinski definition) is 6. The lowest BCUT2D eigenvalue weighted by Gasteiger charge is -2.13. The van der Waals surface area contributed by atoms with Crippen molar-refractivity contribution < 1.29 is 0 Å². The predicted octanol–water partition coefficient (Wildman–Crippen LogP) is 1.37. The molecule has 0 amide bonds. The van der Waals surface area contributed by atoms with Crippen molar-refractivity contribution >= 4 is 42.8 Å². The molecule has 25 heavy (non-hydrogen) atoms. The molecule has 0 aliphatic carbocycles. The third kappa shape index (κ3) is 2.94. The molecule has 1 aromatic heterocycles. The zero-order valence-corrected chi connectivity index (χ0v) is 14.8. The third-order valence-electron chi connectivity index (χ3n) is 3.82. The smallest absolute Gasteiger partial charge is 0.310 e. The maximum Gasteiger partial charge on any atom is 0.310 e. The lowest BCUT2D eigenvalue weighted by atomic mass is 10.2. The van der Waals surface area contributed by atoms with E-state index in [1.165, 1.54) is 0 Å². The van der Waals surface area contributed by atoms with E-state index in [2.05, 4.69) is 20.9 Å². The molecule has 1 radical (unpaired) electrons.